The quantitative estimate of drug-likeness (QED) is 0.277. The second-order valence-electron chi connectivity index (χ2n) is 9.17. The summed E-state index contributed by atoms with van der Waals surface area (Å²) in [7, 11) is 1.59. The topological polar surface area (TPSA) is 101 Å². The predicted molar refractivity (Wildman–Crippen MR) is 158 cm³/mol. The molecule has 41 heavy (non-hydrogen) atoms. The van der Waals surface area contributed by atoms with E-state index < -0.39 is 5.56 Å². The number of nitrogens with zero attached hydrogens (tertiary/aromatic N) is 5. The Labute approximate surface area is 238 Å². The lowest BCUT2D eigenvalue weighted by Gasteiger charge is -2.04. The van der Waals surface area contributed by atoms with Gasteiger partial charge in [-0.05, 0) is 67.1 Å². The highest BCUT2D eigenvalue weighted by molar-refractivity contribution is 7.15. The number of ether oxygens (including phenoxy) is 2. The lowest BCUT2D eigenvalue weighted by molar-refractivity contribution is 0.340. The molecule has 0 aliphatic heterocycles. The monoisotopic (exact) mass is 563 g/mol. The standard InChI is InChI=1S/C31H25N5O4S/c1-3-40-25-15-11-21(12-16-25)28-22(19-35(34-28)23-7-5-4-6-8-23)18-27-30(38)36-31(41-27)32-29(37)26(33-36)17-20-9-13-24(39-2)14-10-20/h4-16,18-19H,3,17H2,1-2H3/b27-18-. The van der Waals surface area contributed by atoms with E-state index >= 15 is 0 Å². The summed E-state index contributed by atoms with van der Waals surface area (Å²) in [5.41, 5.74) is 3.44. The molecular formula is C31H25N5O4S. The minimum atomic E-state index is -0.458. The lowest BCUT2D eigenvalue weighted by atomic mass is 10.1. The number of methoxy groups -OCH3 is 1. The van der Waals surface area contributed by atoms with Crippen LogP contribution in [0.2, 0.25) is 0 Å². The number of hydrogen-bond acceptors (Lipinski definition) is 8. The second-order valence-corrected chi connectivity index (χ2v) is 10.2. The lowest BCUT2D eigenvalue weighted by Crippen LogP contribution is -2.28. The molecule has 0 amide bonds. The van der Waals surface area contributed by atoms with Crippen molar-refractivity contribution in [3.63, 3.8) is 0 Å². The molecule has 0 fully saturated rings. The molecule has 9 nitrogen and oxygen atoms in total. The van der Waals surface area contributed by atoms with Crippen molar-refractivity contribution in [2.75, 3.05) is 13.7 Å². The third kappa shape index (κ3) is 5.37. The highest BCUT2D eigenvalue weighted by atomic mass is 32.1. The zero-order chi connectivity index (χ0) is 28.3. The van der Waals surface area contributed by atoms with Crippen molar-refractivity contribution in [1.29, 1.82) is 0 Å². The van der Waals surface area contributed by atoms with Gasteiger partial charge >= 0.3 is 0 Å². The summed E-state index contributed by atoms with van der Waals surface area (Å²) >= 11 is 1.12. The first-order valence-corrected chi connectivity index (χ1v) is 13.8. The number of rotatable bonds is 8. The fourth-order valence-corrected chi connectivity index (χ4v) is 5.33. The van der Waals surface area contributed by atoms with Crippen LogP contribution >= 0.6 is 11.3 Å². The number of hydrogen-bond donors (Lipinski definition) is 0. The summed E-state index contributed by atoms with van der Waals surface area (Å²) in [6.45, 7) is 2.51. The van der Waals surface area contributed by atoms with Crippen LogP contribution in [0.3, 0.4) is 0 Å². The Morgan fingerprint density at radius 3 is 2.34 bits per heavy atom. The highest BCUT2D eigenvalue weighted by Crippen LogP contribution is 2.26. The van der Waals surface area contributed by atoms with E-state index in [2.05, 4.69) is 10.1 Å². The van der Waals surface area contributed by atoms with Crippen molar-refractivity contribution in [1.82, 2.24) is 24.4 Å². The Balaban J connectivity index is 1.44. The molecule has 0 spiro atoms. The molecule has 0 aliphatic carbocycles. The third-order valence-electron chi connectivity index (χ3n) is 6.47. The predicted octanol–water partition coefficient (Wildman–Crippen LogP) is 3.91. The second kappa shape index (κ2) is 11.2. The SMILES string of the molecule is CCOc1ccc(-c2nn(-c3ccccc3)cc2/C=c2\sc3nc(=O)c(Cc4ccc(OC)cc4)nn3c2=O)cc1. The Morgan fingerprint density at radius 1 is 0.902 bits per heavy atom. The summed E-state index contributed by atoms with van der Waals surface area (Å²) < 4.78 is 14.2. The number of aromatic nitrogens is 5. The molecule has 6 aromatic rings. The van der Waals surface area contributed by atoms with Crippen LogP contribution in [0.1, 0.15) is 23.7 Å². The fourth-order valence-electron chi connectivity index (χ4n) is 4.44. The molecule has 3 aromatic heterocycles. The van der Waals surface area contributed by atoms with Crippen LogP contribution in [0.4, 0.5) is 0 Å². The zero-order valence-electron chi connectivity index (χ0n) is 22.4. The average molecular weight is 564 g/mol. The van der Waals surface area contributed by atoms with Crippen LogP contribution in [0.5, 0.6) is 11.5 Å². The molecule has 3 aromatic carbocycles. The van der Waals surface area contributed by atoms with E-state index in [0.29, 0.717) is 22.6 Å². The van der Waals surface area contributed by atoms with Crippen molar-refractivity contribution in [3.8, 4) is 28.4 Å². The van der Waals surface area contributed by atoms with Gasteiger partial charge in [-0.1, -0.05) is 41.7 Å². The maximum Gasteiger partial charge on any atom is 0.296 e. The van der Waals surface area contributed by atoms with Gasteiger partial charge in [-0.25, -0.2) is 4.68 Å². The highest BCUT2D eigenvalue weighted by Gasteiger charge is 2.15. The van der Waals surface area contributed by atoms with Gasteiger partial charge in [0.05, 0.1) is 23.9 Å². The molecule has 0 atom stereocenters. The molecule has 0 radical (unpaired) electrons. The first-order chi connectivity index (χ1) is 20.0. The first kappa shape index (κ1) is 26.1. The summed E-state index contributed by atoms with van der Waals surface area (Å²) in [4.78, 5) is 30.6. The normalized spacial score (nSPS) is 11.7. The maximum absolute atomic E-state index is 13.5. The van der Waals surface area contributed by atoms with Gasteiger partial charge in [-0.15, -0.1) is 0 Å². The largest absolute Gasteiger partial charge is 0.497 e. The molecule has 204 valence electrons. The Bertz CT molecular complexity index is 2000. The molecule has 0 saturated heterocycles. The van der Waals surface area contributed by atoms with Gasteiger partial charge in [0, 0.05) is 23.7 Å². The molecule has 10 heteroatoms. The van der Waals surface area contributed by atoms with Crippen molar-refractivity contribution >= 4 is 22.4 Å². The number of benzene rings is 3. The van der Waals surface area contributed by atoms with Crippen LogP contribution < -0.4 is 25.1 Å². The van der Waals surface area contributed by atoms with E-state index in [1.807, 2.05) is 92.0 Å². The number of para-hydroxylation sites is 1. The molecule has 0 aliphatic rings. The minimum absolute atomic E-state index is 0.195. The molecular weight excluding hydrogens is 538 g/mol. The van der Waals surface area contributed by atoms with Gasteiger partial charge < -0.3 is 9.47 Å². The third-order valence-corrected chi connectivity index (χ3v) is 7.43. The molecule has 0 bridgehead atoms. The van der Waals surface area contributed by atoms with Gasteiger partial charge in [0.15, 0.2) is 0 Å². The average Bonchev–Trinajstić information content (AvgIpc) is 3.55. The molecule has 0 N–H and O–H groups in total. The molecule has 6 rings (SSSR count). The van der Waals surface area contributed by atoms with Crippen LogP contribution in [-0.2, 0) is 6.42 Å². The van der Waals surface area contributed by atoms with E-state index in [1.54, 1.807) is 17.9 Å². The van der Waals surface area contributed by atoms with Crippen LogP contribution in [0.25, 0.3) is 28.0 Å². The summed E-state index contributed by atoms with van der Waals surface area (Å²) in [5.74, 6) is 1.48. The molecule has 0 saturated carbocycles. The van der Waals surface area contributed by atoms with Crippen molar-refractivity contribution in [2.45, 2.75) is 13.3 Å². The van der Waals surface area contributed by atoms with Gasteiger partial charge in [-0.2, -0.15) is 19.7 Å². The van der Waals surface area contributed by atoms with E-state index in [0.717, 1.165) is 39.5 Å². The van der Waals surface area contributed by atoms with Crippen LogP contribution in [0, 0.1) is 0 Å². The van der Waals surface area contributed by atoms with E-state index in [1.165, 1.54) is 4.52 Å². The maximum atomic E-state index is 13.5. The van der Waals surface area contributed by atoms with E-state index in [-0.39, 0.29) is 22.6 Å². The molecule has 0 unspecified atom stereocenters. The van der Waals surface area contributed by atoms with E-state index in [4.69, 9.17) is 14.6 Å². The summed E-state index contributed by atoms with van der Waals surface area (Å²) in [5, 5.41) is 9.23. The zero-order valence-corrected chi connectivity index (χ0v) is 23.2. The van der Waals surface area contributed by atoms with Crippen molar-refractivity contribution in [3.05, 3.63) is 127 Å². The summed E-state index contributed by atoms with van der Waals surface area (Å²) in [6, 6.07) is 24.7. The van der Waals surface area contributed by atoms with Gasteiger partial charge in [0.2, 0.25) is 4.96 Å². The minimum Gasteiger partial charge on any atom is -0.497 e. The Morgan fingerprint density at radius 2 is 1.63 bits per heavy atom. The van der Waals surface area contributed by atoms with Gasteiger partial charge in [-0.3, -0.25) is 9.59 Å². The van der Waals surface area contributed by atoms with Crippen LogP contribution in [-0.4, -0.2) is 38.1 Å². The van der Waals surface area contributed by atoms with Gasteiger partial charge in [0.25, 0.3) is 11.1 Å². The molecule has 3 heterocycles. The smallest absolute Gasteiger partial charge is 0.296 e. The van der Waals surface area contributed by atoms with Crippen molar-refractivity contribution < 1.29 is 9.47 Å². The first-order valence-electron chi connectivity index (χ1n) is 13.0. The van der Waals surface area contributed by atoms with Crippen LogP contribution in [0.15, 0.2) is 94.6 Å². The fraction of sp³-hybridized carbons (Fsp3) is 0.129. The van der Waals surface area contributed by atoms with Gasteiger partial charge in [0.1, 0.15) is 22.9 Å². The van der Waals surface area contributed by atoms with Crippen molar-refractivity contribution in [2.24, 2.45) is 0 Å². The number of fused-ring (bicyclic) bond motifs is 1. The Hall–Kier alpha value is -5.09. The summed E-state index contributed by atoms with van der Waals surface area (Å²) in [6.07, 6.45) is 3.90. The Kier molecular flexibility index (Phi) is 7.13. The number of thiazole rings is 1. The van der Waals surface area contributed by atoms with E-state index in [9.17, 15) is 9.59 Å².